The molecule has 2 aliphatic rings. The molecule has 178 valence electrons. The van der Waals surface area contributed by atoms with Gasteiger partial charge in [-0.05, 0) is 31.0 Å². The second-order valence-electron chi connectivity index (χ2n) is 7.80. The van der Waals surface area contributed by atoms with Crippen LogP contribution in [0.15, 0.2) is 29.3 Å². The van der Waals surface area contributed by atoms with Crippen molar-refractivity contribution in [3.8, 4) is 11.4 Å². The van der Waals surface area contributed by atoms with E-state index in [1.54, 1.807) is 6.07 Å². The van der Waals surface area contributed by atoms with E-state index in [1.165, 1.54) is 19.1 Å². The lowest BCUT2D eigenvalue weighted by Crippen LogP contribution is -2.50. The Balaban J connectivity index is 1.78. The van der Waals surface area contributed by atoms with Crippen LogP contribution in [0.3, 0.4) is 0 Å². The van der Waals surface area contributed by atoms with Crippen LogP contribution in [-0.2, 0) is 21.2 Å². The van der Waals surface area contributed by atoms with Crippen LogP contribution >= 0.6 is 0 Å². The van der Waals surface area contributed by atoms with Crippen LogP contribution in [0.4, 0.5) is 32.4 Å². The summed E-state index contributed by atoms with van der Waals surface area (Å²) in [6.07, 6.45) is -4.48. The Morgan fingerprint density at radius 1 is 1.18 bits per heavy atom. The highest BCUT2D eigenvalue weighted by molar-refractivity contribution is 7.91. The van der Waals surface area contributed by atoms with Gasteiger partial charge in [0.15, 0.2) is 9.84 Å². The molecule has 0 N–H and O–H groups in total. The molecular formula is C20H18F5N3O4S. The first-order valence-electron chi connectivity index (χ1n) is 9.96. The number of amides is 1. The van der Waals surface area contributed by atoms with E-state index in [0.717, 1.165) is 19.0 Å². The lowest BCUT2D eigenvalue weighted by Gasteiger charge is -2.32. The zero-order valence-electron chi connectivity index (χ0n) is 17.2. The second-order valence-corrected chi connectivity index (χ2v) is 10.0. The molecule has 33 heavy (non-hydrogen) atoms. The molecule has 2 aromatic rings. The molecule has 0 atom stereocenters. The van der Waals surface area contributed by atoms with Crippen LogP contribution in [-0.4, -0.2) is 48.9 Å². The third-order valence-electron chi connectivity index (χ3n) is 5.43. The Hall–Kier alpha value is -2.83. The maximum absolute atomic E-state index is 13.6. The number of alkyl halides is 5. The molecule has 1 saturated carbocycles. The maximum atomic E-state index is 13.6. The lowest BCUT2D eigenvalue weighted by molar-refractivity contribution is -0.276. The summed E-state index contributed by atoms with van der Waals surface area (Å²) in [6.45, 7) is -0.920. The van der Waals surface area contributed by atoms with E-state index >= 15 is 0 Å². The minimum atomic E-state index is -5.87. The minimum absolute atomic E-state index is 0.0492. The predicted octanol–water partition coefficient (Wildman–Crippen LogP) is 4.47. The average Bonchev–Trinajstić information content (AvgIpc) is 3.59. The van der Waals surface area contributed by atoms with Gasteiger partial charge in [-0.15, -0.1) is 0 Å². The number of hydrogen-bond donors (Lipinski definition) is 0. The summed E-state index contributed by atoms with van der Waals surface area (Å²) in [5, 5.41) is 0. The third-order valence-corrected chi connectivity index (χ3v) is 7.19. The van der Waals surface area contributed by atoms with Crippen LogP contribution in [0.2, 0.25) is 0 Å². The van der Waals surface area contributed by atoms with Gasteiger partial charge in [-0.3, -0.25) is 9.88 Å². The molecule has 0 spiro atoms. The fourth-order valence-corrected chi connectivity index (χ4v) is 4.42. The molecule has 1 amide bonds. The molecule has 2 aromatic heterocycles. The van der Waals surface area contributed by atoms with E-state index in [-0.39, 0.29) is 44.1 Å². The van der Waals surface area contributed by atoms with Crippen LogP contribution in [0.5, 0.6) is 0 Å². The summed E-state index contributed by atoms with van der Waals surface area (Å²) in [5.41, 5.74) is 0.613. The first-order chi connectivity index (χ1) is 15.3. The molecule has 4 rings (SSSR count). The highest BCUT2D eigenvalue weighted by Gasteiger charge is 2.59. The van der Waals surface area contributed by atoms with Crippen molar-refractivity contribution in [1.29, 1.82) is 0 Å². The minimum Gasteiger partial charge on any atom is -0.444 e. The van der Waals surface area contributed by atoms with E-state index < -0.39 is 41.2 Å². The summed E-state index contributed by atoms with van der Waals surface area (Å²) in [7, 11) is -3.70. The smallest absolute Gasteiger partial charge is 0.444 e. The van der Waals surface area contributed by atoms with Gasteiger partial charge in [-0.2, -0.15) is 22.0 Å². The predicted molar refractivity (Wildman–Crippen MR) is 106 cm³/mol. The van der Waals surface area contributed by atoms with Crippen molar-refractivity contribution in [3.63, 3.8) is 0 Å². The van der Waals surface area contributed by atoms with E-state index in [0.29, 0.717) is 5.69 Å². The second kappa shape index (κ2) is 7.89. The molecule has 0 aromatic carbocycles. The number of fused-ring (bicyclic) bond motifs is 1. The molecule has 0 bridgehead atoms. The molecular weight excluding hydrogens is 473 g/mol. The van der Waals surface area contributed by atoms with Crippen LogP contribution < -0.4 is 4.90 Å². The van der Waals surface area contributed by atoms with Crippen molar-refractivity contribution in [2.75, 3.05) is 17.2 Å². The maximum Gasteiger partial charge on any atom is 0.455 e. The number of hydrogen-bond acceptors (Lipinski definition) is 6. The standard InChI is InChI=1S/C20H18F5N3O4S/c1-2-33(30,31)16-6-5-13(11-3-4-11)27-17(16)14-7-12-9-32-18(29)28(15(12)8-26-14)10-19(21,22)20(23,24)25/h5-8,11H,2-4,9-10H2,1H3. The van der Waals surface area contributed by atoms with Crippen LogP contribution in [0.25, 0.3) is 11.4 Å². The molecule has 1 aliphatic carbocycles. The molecule has 1 fully saturated rings. The largest absolute Gasteiger partial charge is 0.455 e. The zero-order chi connectivity index (χ0) is 24.2. The van der Waals surface area contributed by atoms with Crippen molar-refractivity contribution >= 4 is 21.6 Å². The molecule has 0 radical (unpaired) electrons. The van der Waals surface area contributed by atoms with Gasteiger partial charge in [-0.25, -0.2) is 18.2 Å². The number of carbonyl (C=O) groups excluding carboxylic acids is 1. The average molecular weight is 491 g/mol. The Kier molecular flexibility index (Phi) is 5.58. The lowest BCUT2D eigenvalue weighted by atomic mass is 10.1. The number of aromatic nitrogens is 2. The monoisotopic (exact) mass is 491 g/mol. The van der Waals surface area contributed by atoms with E-state index in [9.17, 15) is 35.2 Å². The summed E-state index contributed by atoms with van der Waals surface area (Å²) in [6, 6.07) is 4.35. The zero-order valence-corrected chi connectivity index (χ0v) is 18.0. The van der Waals surface area contributed by atoms with E-state index in [2.05, 4.69) is 9.97 Å². The number of anilines is 1. The molecule has 3 heterocycles. The van der Waals surface area contributed by atoms with Crippen molar-refractivity contribution in [3.05, 3.63) is 35.7 Å². The number of rotatable bonds is 6. The quantitative estimate of drug-likeness (QED) is 0.554. The molecule has 7 nitrogen and oxygen atoms in total. The van der Waals surface area contributed by atoms with Gasteiger partial charge in [-0.1, -0.05) is 6.92 Å². The first kappa shape index (κ1) is 23.3. The van der Waals surface area contributed by atoms with Crippen molar-refractivity contribution < 1.29 is 39.9 Å². The Labute approximate surface area is 185 Å². The van der Waals surface area contributed by atoms with Gasteiger partial charge in [0.25, 0.3) is 0 Å². The number of halogens is 5. The number of carbonyl (C=O) groups is 1. The fraction of sp³-hybridized carbons (Fsp3) is 0.450. The van der Waals surface area contributed by atoms with Gasteiger partial charge in [0.1, 0.15) is 18.8 Å². The van der Waals surface area contributed by atoms with E-state index in [4.69, 9.17) is 4.74 Å². The van der Waals surface area contributed by atoms with Gasteiger partial charge >= 0.3 is 18.2 Å². The van der Waals surface area contributed by atoms with Crippen molar-refractivity contribution in [1.82, 2.24) is 9.97 Å². The first-order valence-corrected chi connectivity index (χ1v) is 11.6. The fourth-order valence-electron chi connectivity index (χ4n) is 3.39. The Morgan fingerprint density at radius 2 is 1.88 bits per heavy atom. The van der Waals surface area contributed by atoms with Gasteiger partial charge in [0, 0.05) is 17.2 Å². The summed E-state index contributed by atoms with van der Waals surface area (Å²) in [4.78, 5) is 20.6. The Bertz CT molecular complexity index is 1210. The number of ether oxygens (including phenoxy) is 1. The summed E-state index contributed by atoms with van der Waals surface area (Å²) >= 11 is 0. The number of cyclic esters (lactones) is 1. The van der Waals surface area contributed by atoms with Gasteiger partial charge in [0.2, 0.25) is 0 Å². The Morgan fingerprint density at radius 3 is 2.48 bits per heavy atom. The normalized spacial score (nSPS) is 17.0. The van der Waals surface area contributed by atoms with Crippen LogP contribution in [0, 0.1) is 0 Å². The summed E-state index contributed by atoms with van der Waals surface area (Å²) in [5.74, 6) is -5.18. The van der Waals surface area contributed by atoms with Gasteiger partial charge in [0.05, 0.1) is 28.2 Å². The van der Waals surface area contributed by atoms with Crippen molar-refractivity contribution in [2.45, 2.75) is 49.3 Å². The van der Waals surface area contributed by atoms with Crippen molar-refractivity contribution in [2.24, 2.45) is 0 Å². The molecule has 13 heteroatoms. The number of nitrogens with zero attached hydrogens (tertiary/aromatic N) is 3. The summed E-state index contributed by atoms with van der Waals surface area (Å²) < 4.78 is 95.2. The topological polar surface area (TPSA) is 89.5 Å². The molecule has 1 aliphatic heterocycles. The third kappa shape index (κ3) is 4.37. The number of sulfone groups is 1. The highest BCUT2D eigenvalue weighted by atomic mass is 32.2. The number of pyridine rings is 2. The molecule has 0 saturated heterocycles. The highest BCUT2D eigenvalue weighted by Crippen LogP contribution is 2.42. The van der Waals surface area contributed by atoms with Crippen LogP contribution in [0.1, 0.15) is 36.9 Å². The SMILES string of the molecule is CCS(=O)(=O)c1ccc(C2CC2)nc1-c1cc2c(cn1)N(CC(F)(F)C(F)(F)F)C(=O)OC2. The molecule has 0 unspecified atom stereocenters. The van der Waals surface area contributed by atoms with Gasteiger partial charge < -0.3 is 4.74 Å². The van der Waals surface area contributed by atoms with E-state index in [1.807, 2.05) is 0 Å².